The molecule has 1 aliphatic heterocycles. The van der Waals surface area contributed by atoms with Crippen molar-refractivity contribution >= 4 is 55.4 Å². The number of halogens is 2. The predicted molar refractivity (Wildman–Crippen MR) is 136 cm³/mol. The molecule has 6 N–H and O–H groups in total. The summed E-state index contributed by atoms with van der Waals surface area (Å²) < 4.78 is 44.2. The number of nitrogens with one attached hydrogen (secondary N) is 1. The number of pyridine rings is 1. The zero-order chi connectivity index (χ0) is 28.9. The first-order valence-corrected chi connectivity index (χ1v) is 15.5. The molecule has 39 heavy (non-hydrogen) atoms. The van der Waals surface area contributed by atoms with E-state index in [9.17, 15) is 48.2 Å². The van der Waals surface area contributed by atoms with Crippen LogP contribution in [0.3, 0.4) is 0 Å². The molecule has 4 rings (SSSR count). The third-order valence-corrected chi connectivity index (χ3v) is 9.98. The van der Waals surface area contributed by atoms with Crippen molar-refractivity contribution in [3.8, 4) is 0 Å². The van der Waals surface area contributed by atoms with Crippen LogP contribution in [0.4, 0.5) is 14.9 Å². The van der Waals surface area contributed by atoms with Crippen LogP contribution in [0.2, 0.25) is 5.02 Å². The number of hydrogen-bond acceptors (Lipinski definition) is 7. The van der Waals surface area contributed by atoms with Crippen molar-refractivity contribution in [1.82, 2.24) is 9.88 Å². The van der Waals surface area contributed by atoms with Crippen molar-refractivity contribution in [2.24, 2.45) is 0 Å². The van der Waals surface area contributed by atoms with E-state index in [1.165, 1.54) is 11.1 Å². The molecule has 1 amide bonds. The number of ether oxygens (including phenoxy) is 1. The normalized spacial score (nSPS) is 18.7. The number of aromatic nitrogens is 1. The van der Waals surface area contributed by atoms with Crippen molar-refractivity contribution in [2.75, 3.05) is 18.0 Å². The largest absolute Gasteiger partial charge is 0.477 e. The molecule has 1 saturated carbocycles. The van der Waals surface area contributed by atoms with Gasteiger partial charge in [-0.3, -0.25) is 13.9 Å². The monoisotopic (exact) mass is 611 g/mol. The molecule has 2 fully saturated rings. The molecule has 14 nitrogen and oxygen atoms in total. The smallest absolute Gasteiger partial charge is 0.408 e. The number of alkyl carbamates (subject to hydrolysis) is 1. The quantitative estimate of drug-likeness (QED) is 0.249. The minimum atomic E-state index is -5.52. The van der Waals surface area contributed by atoms with Gasteiger partial charge in [0.15, 0.2) is 0 Å². The number of carbonyl (C=O) groups excluding carboxylic acids is 1. The van der Waals surface area contributed by atoms with Crippen molar-refractivity contribution < 1.29 is 52.5 Å². The Labute approximate surface area is 224 Å². The summed E-state index contributed by atoms with van der Waals surface area (Å²) in [6.07, 6.45) is 2.46. The van der Waals surface area contributed by atoms with Gasteiger partial charge in [0.25, 0.3) is 0 Å². The lowest BCUT2D eigenvalue weighted by atomic mass is 10.1. The van der Waals surface area contributed by atoms with Crippen molar-refractivity contribution in [3.63, 3.8) is 0 Å². The van der Waals surface area contributed by atoms with E-state index >= 15 is 4.39 Å². The van der Waals surface area contributed by atoms with Gasteiger partial charge in [-0.25, -0.2) is 14.0 Å². The molecule has 2 aromatic rings. The first kappa shape index (κ1) is 29.5. The number of fused-ring (bicyclic) bond motifs is 1. The second-order valence-electron chi connectivity index (χ2n) is 9.43. The third-order valence-electron chi connectivity index (χ3n) is 6.45. The number of carbonyl (C=O) groups is 2. The van der Waals surface area contributed by atoms with Crippen molar-refractivity contribution in [1.29, 1.82) is 0 Å². The van der Waals surface area contributed by atoms with E-state index in [4.69, 9.17) is 11.6 Å². The second kappa shape index (κ2) is 10.8. The highest BCUT2D eigenvalue weighted by Gasteiger charge is 2.47. The maximum absolute atomic E-state index is 15.5. The van der Waals surface area contributed by atoms with E-state index in [2.05, 4.69) is 10.1 Å². The van der Waals surface area contributed by atoms with Crippen LogP contribution in [0.1, 0.15) is 48.5 Å². The van der Waals surface area contributed by atoms with Crippen molar-refractivity contribution in [2.45, 2.75) is 49.8 Å². The summed E-state index contributed by atoms with van der Waals surface area (Å²) in [6.45, 7) is 0.193. The highest BCUT2D eigenvalue weighted by Crippen LogP contribution is 2.60. The fourth-order valence-corrected chi connectivity index (χ4v) is 7.05. The lowest BCUT2D eigenvalue weighted by molar-refractivity contribution is 0.0694. The second-order valence-corrected chi connectivity index (χ2v) is 13.5. The Morgan fingerprint density at radius 3 is 2.33 bits per heavy atom. The van der Waals surface area contributed by atoms with E-state index < -0.39 is 55.7 Å². The average molecular weight is 612 g/mol. The molecule has 1 saturated heterocycles. The van der Waals surface area contributed by atoms with Gasteiger partial charge in [-0.05, 0) is 38.2 Å². The summed E-state index contributed by atoms with van der Waals surface area (Å²) >= 11 is 6.66. The summed E-state index contributed by atoms with van der Waals surface area (Å²) in [4.78, 5) is 74.9. The fraction of sp³-hybridized carbons (Fsp3) is 0.476. The maximum Gasteiger partial charge on any atom is 0.408 e. The number of anilines is 1. The zero-order valence-corrected chi connectivity index (χ0v) is 22.6. The van der Waals surface area contributed by atoms with Gasteiger partial charge >= 0.3 is 32.8 Å². The molecule has 1 aliphatic carbocycles. The molecule has 1 aromatic heterocycles. The van der Waals surface area contributed by atoms with Crippen LogP contribution in [0, 0.1) is 5.82 Å². The number of rotatable bonds is 7. The summed E-state index contributed by atoms with van der Waals surface area (Å²) in [5, 5.41) is 11.4. The topological polar surface area (TPSA) is 216 Å². The fourth-order valence-electron chi connectivity index (χ4n) is 4.61. The number of carboxylic acid groups (broad SMARTS) is 1. The van der Waals surface area contributed by atoms with Crippen LogP contribution in [0.15, 0.2) is 17.1 Å². The molecule has 2 heterocycles. The summed E-state index contributed by atoms with van der Waals surface area (Å²) in [5.41, 5.74) is -4.31. The maximum atomic E-state index is 15.5. The van der Waals surface area contributed by atoms with Crippen LogP contribution in [-0.4, -0.2) is 66.0 Å². The minimum absolute atomic E-state index is 0.0748. The SMILES string of the molecule is O=C(N[C@@H]1CCCCN(c2c(F)cc3c(=O)c(C(=O)O)cn(C4CC4)c3c2Cl)C1)OC(P(=O)(O)O)P(=O)(O)O. The van der Waals surface area contributed by atoms with Gasteiger partial charge in [-0.1, -0.05) is 11.6 Å². The minimum Gasteiger partial charge on any atom is -0.477 e. The van der Waals surface area contributed by atoms with Gasteiger partial charge in [0, 0.05) is 31.4 Å². The number of amides is 1. The molecule has 18 heteroatoms. The Balaban J connectivity index is 1.67. The molecule has 214 valence electrons. The van der Waals surface area contributed by atoms with E-state index in [1.807, 2.05) is 0 Å². The number of benzene rings is 1. The van der Waals surface area contributed by atoms with Gasteiger partial charge in [-0.15, -0.1) is 0 Å². The Morgan fingerprint density at radius 2 is 1.77 bits per heavy atom. The predicted octanol–water partition coefficient (Wildman–Crippen LogP) is 2.55. The lowest BCUT2D eigenvalue weighted by Crippen LogP contribution is -2.44. The molecule has 0 spiro atoms. The van der Waals surface area contributed by atoms with Crippen LogP contribution in [-0.2, 0) is 13.9 Å². The molecule has 0 bridgehead atoms. The standard InChI is InChI=1S/C21H25ClFN3O11P2/c22-15-16-12(18(27)13(19(28)29)9-26(16)11-4-5-11)7-14(23)17(15)25-6-2-1-3-10(8-25)24-20(30)37-21(38(31,32)33)39(34,35)36/h7,9-11,21H,1-6,8H2,(H,24,30)(H,28,29)(H2,31,32,33)(H2,34,35,36)/t10-/m1/s1. The first-order chi connectivity index (χ1) is 18.1. The Hall–Kier alpha value is -2.51. The summed E-state index contributed by atoms with van der Waals surface area (Å²) in [6, 6.07) is 0.00268. The highest BCUT2D eigenvalue weighted by molar-refractivity contribution is 7.70. The number of hydrogen-bond donors (Lipinski definition) is 6. The molecule has 0 radical (unpaired) electrons. The zero-order valence-electron chi connectivity index (χ0n) is 20.1. The van der Waals surface area contributed by atoms with Gasteiger partial charge in [0.2, 0.25) is 5.43 Å². The van der Waals surface area contributed by atoms with Crippen LogP contribution in [0.25, 0.3) is 10.9 Å². The van der Waals surface area contributed by atoms with Crippen LogP contribution >= 0.6 is 26.8 Å². The lowest BCUT2D eigenvalue weighted by Gasteiger charge is -2.29. The van der Waals surface area contributed by atoms with Crippen molar-refractivity contribution in [3.05, 3.63) is 38.9 Å². The summed E-state index contributed by atoms with van der Waals surface area (Å²) in [5.74, 6) is -2.36. The van der Waals surface area contributed by atoms with Gasteiger partial charge < -0.3 is 44.2 Å². The van der Waals surface area contributed by atoms with Crippen LogP contribution < -0.4 is 15.6 Å². The van der Waals surface area contributed by atoms with E-state index in [0.717, 1.165) is 6.07 Å². The van der Waals surface area contributed by atoms with E-state index in [1.54, 1.807) is 4.57 Å². The summed E-state index contributed by atoms with van der Waals surface area (Å²) in [7, 11) is -11.0. The van der Waals surface area contributed by atoms with Gasteiger partial charge in [-0.2, -0.15) is 0 Å². The highest BCUT2D eigenvalue weighted by atomic mass is 35.5. The third kappa shape index (κ3) is 6.30. The molecule has 1 atom stereocenters. The molecular weight excluding hydrogens is 587 g/mol. The average Bonchev–Trinajstić information content (AvgIpc) is 3.65. The molecule has 1 aromatic carbocycles. The van der Waals surface area contributed by atoms with E-state index in [0.29, 0.717) is 32.1 Å². The first-order valence-electron chi connectivity index (χ1n) is 11.7. The van der Waals surface area contributed by atoms with Crippen LogP contribution in [0.5, 0.6) is 0 Å². The Kier molecular flexibility index (Phi) is 8.17. The number of aromatic carboxylic acids is 1. The van der Waals surface area contributed by atoms with Gasteiger partial charge in [0.05, 0.1) is 21.6 Å². The molecule has 2 aliphatic rings. The Morgan fingerprint density at radius 1 is 1.13 bits per heavy atom. The molecular formula is C21H25ClFN3O11P2. The Bertz CT molecular complexity index is 1460. The number of nitrogens with zero attached hydrogens (tertiary/aromatic N) is 2. The number of carboxylic acids is 1. The van der Waals surface area contributed by atoms with Gasteiger partial charge in [0.1, 0.15) is 11.4 Å². The molecule has 0 unspecified atom stereocenters. The van der Waals surface area contributed by atoms with E-state index in [-0.39, 0.29) is 40.7 Å².